The van der Waals surface area contributed by atoms with Crippen molar-refractivity contribution in [1.82, 2.24) is 10.5 Å². The Kier molecular flexibility index (Phi) is 7.08. The van der Waals surface area contributed by atoms with E-state index in [0.717, 1.165) is 35.4 Å². The number of hydrogen-bond donors (Lipinski definition) is 2. The lowest BCUT2D eigenvalue weighted by Crippen LogP contribution is -2.34. The smallest absolute Gasteiger partial charge is 0.241 e. The van der Waals surface area contributed by atoms with Crippen LogP contribution in [0.5, 0.6) is 0 Å². The van der Waals surface area contributed by atoms with Gasteiger partial charge in [0.05, 0.1) is 5.69 Å². The number of aryl methyl sites for hydroxylation is 2. The molecule has 0 saturated carbocycles. The highest BCUT2D eigenvalue weighted by atomic mass is 35.5. The molecule has 0 fully saturated rings. The Morgan fingerprint density at radius 3 is 2.55 bits per heavy atom. The number of rotatable bonds is 6. The molecule has 0 aliphatic carbocycles. The van der Waals surface area contributed by atoms with Crippen molar-refractivity contribution in [3.8, 4) is 0 Å². The van der Waals surface area contributed by atoms with Crippen LogP contribution in [0, 0.1) is 0 Å². The number of carbonyl (C=O) groups excluding carboxylic acids is 1. The van der Waals surface area contributed by atoms with Crippen molar-refractivity contribution in [3.63, 3.8) is 0 Å². The summed E-state index contributed by atoms with van der Waals surface area (Å²) in [4.78, 5) is 12.2. The minimum Gasteiger partial charge on any atom is -0.361 e. The standard InChI is InChI=1S/C16H21N3O2.ClH/c1-3-13-12(14(4-2)21-19-13)10-18-16(20)15(17)11-8-6-5-7-9-11;/h5-9,15H,3-4,10,17H2,1-2H3,(H,18,20);1H. The van der Waals surface area contributed by atoms with Crippen molar-refractivity contribution in [1.29, 1.82) is 0 Å². The fraction of sp³-hybridized carbons (Fsp3) is 0.375. The van der Waals surface area contributed by atoms with Crippen LogP contribution in [0.25, 0.3) is 0 Å². The van der Waals surface area contributed by atoms with E-state index in [0.29, 0.717) is 6.54 Å². The Morgan fingerprint density at radius 1 is 1.27 bits per heavy atom. The second-order valence-electron chi connectivity index (χ2n) is 4.84. The summed E-state index contributed by atoms with van der Waals surface area (Å²) in [5.74, 6) is 0.618. The van der Waals surface area contributed by atoms with Gasteiger partial charge in [-0.2, -0.15) is 0 Å². The van der Waals surface area contributed by atoms with Crippen LogP contribution in [0.3, 0.4) is 0 Å². The van der Waals surface area contributed by atoms with Crippen LogP contribution in [-0.4, -0.2) is 11.1 Å². The number of halogens is 1. The van der Waals surface area contributed by atoms with Gasteiger partial charge in [0.15, 0.2) is 0 Å². The summed E-state index contributed by atoms with van der Waals surface area (Å²) in [7, 11) is 0. The summed E-state index contributed by atoms with van der Waals surface area (Å²) >= 11 is 0. The molecule has 2 aromatic rings. The van der Waals surface area contributed by atoms with Gasteiger partial charge in [-0.1, -0.05) is 49.3 Å². The maximum Gasteiger partial charge on any atom is 0.241 e. The average molecular weight is 324 g/mol. The molecule has 1 heterocycles. The number of hydrogen-bond acceptors (Lipinski definition) is 4. The van der Waals surface area contributed by atoms with Crippen LogP contribution in [0.4, 0.5) is 0 Å². The molecule has 5 nitrogen and oxygen atoms in total. The fourth-order valence-corrected chi connectivity index (χ4v) is 2.24. The van der Waals surface area contributed by atoms with Crippen LogP contribution in [-0.2, 0) is 24.2 Å². The molecule has 1 aromatic heterocycles. The minimum absolute atomic E-state index is 0. The molecular weight excluding hydrogens is 302 g/mol. The zero-order valence-electron chi connectivity index (χ0n) is 12.8. The summed E-state index contributed by atoms with van der Waals surface area (Å²) < 4.78 is 5.28. The van der Waals surface area contributed by atoms with E-state index in [4.69, 9.17) is 10.3 Å². The van der Waals surface area contributed by atoms with Crippen molar-refractivity contribution in [2.45, 2.75) is 39.3 Å². The third-order valence-corrected chi connectivity index (χ3v) is 3.49. The lowest BCUT2D eigenvalue weighted by atomic mass is 10.1. The third-order valence-electron chi connectivity index (χ3n) is 3.49. The highest BCUT2D eigenvalue weighted by Crippen LogP contribution is 2.16. The highest BCUT2D eigenvalue weighted by Gasteiger charge is 2.18. The predicted octanol–water partition coefficient (Wildman–Crippen LogP) is 2.54. The van der Waals surface area contributed by atoms with Gasteiger partial charge in [0.2, 0.25) is 5.91 Å². The van der Waals surface area contributed by atoms with Crippen molar-refractivity contribution in [2.75, 3.05) is 0 Å². The maximum atomic E-state index is 12.2. The van der Waals surface area contributed by atoms with Gasteiger partial charge in [0.25, 0.3) is 0 Å². The molecule has 1 atom stereocenters. The molecule has 0 aliphatic heterocycles. The molecule has 120 valence electrons. The SMILES string of the molecule is CCc1noc(CC)c1CNC(=O)C(N)c1ccccc1.Cl. The Balaban J connectivity index is 0.00000242. The van der Waals surface area contributed by atoms with E-state index in [9.17, 15) is 4.79 Å². The zero-order chi connectivity index (χ0) is 15.2. The maximum absolute atomic E-state index is 12.2. The van der Waals surface area contributed by atoms with Crippen molar-refractivity contribution in [3.05, 3.63) is 52.9 Å². The first-order valence-corrected chi connectivity index (χ1v) is 7.21. The largest absolute Gasteiger partial charge is 0.361 e. The summed E-state index contributed by atoms with van der Waals surface area (Å²) in [5, 5.41) is 6.90. The van der Waals surface area contributed by atoms with Gasteiger partial charge in [0, 0.05) is 18.5 Å². The summed E-state index contributed by atoms with van der Waals surface area (Å²) in [5.41, 5.74) is 8.62. The summed E-state index contributed by atoms with van der Waals surface area (Å²) in [6, 6.07) is 8.66. The molecule has 0 spiro atoms. The number of nitrogens with zero attached hydrogens (tertiary/aromatic N) is 1. The minimum atomic E-state index is -0.666. The Labute approximate surface area is 136 Å². The molecule has 0 radical (unpaired) electrons. The number of nitrogens with one attached hydrogen (secondary N) is 1. The van der Waals surface area contributed by atoms with E-state index in [-0.39, 0.29) is 18.3 Å². The van der Waals surface area contributed by atoms with Gasteiger partial charge >= 0.3 is 0 Å². The van der Waals surface area contributed by atoms with Gasteiger partial charge < -0.3 is 15.6 Å². The third kappa shape index (κ3) is 4.08. The molecule has 1 amide bonds. The molecule has 2 rings (SSSR count). The second-order valence-corrected chi connectivity index (χ2v) is 4.84. The topological polar surface area (TPSA) is 81.2 Å². The molecule has 3 N–H and O–H groups in total. The van der Waals surface area contributed by atoms with Crippen LogP contribution in [0.1, 0.15) is 42.5 Å². The quantitative estimate of drug-likeness (QED) is 0.856. The number of aromatic nitrogens is 1. The molecule has 1 unspecified atom stereocenters. The Bertz CT molecular complexity index is 577. The number of benzene rings is 1. The van der Waals surface area contributed by atoms with Gasteiger partial charge in [-0.25, -0.2) is 0 Å². The monoisotopic (exact) mass is 323 g/mol. The lowest BCUT2D eigenvalue weighted by Gasteiger charge is -2.12. The fourth-order valence-electron chi connectivity index (χ4n) is 2.24. The molecule has 6 heteroatoms. The van der Waals surface area contributed by atoms with E-state index in [1.54, 1.807) is 0 Å². The van der Waals surface area contributed by atoms with Gasteiger partial charge in [-0.15, -0.1) is 12.4 Å². The first-order chi connectivity index (χ1) is 10.2. The molecule has 0 bridgehead atoms. The normalized spacial score (nSPS) is 11.6. The van der Waals surface area contributed by atoms with E-state index in [2.05, 4.69) is 10.5 Å². The van der Waals surface area contributed by atoms with Crippen LogP contribution < -0.4 is 11.1 Å². The first-order valence-electron chi connectivity index (χ1n) is 7.21. The number of amides is 1. The lowest BCUT2D eigenvalue weighted by molar-refractivity contribution is -0.122. The van der Waals surface area contributed by atoms with Gasteiger partial charge in [0.1, 0.15) is 11.8 Å². The van der Waals surface area contributed by atoms with E-state index in [1.807, 2.05) is 44.2 Å². The molecular formula is C16H22ClN3O2. The van der Waals surface area contributed by atoms with Crippen LogP contribution in [0.15, 0.2) is 34.9 Å². The Morgan fingerprint density at radius 2 is 1.95 bits per heavy atom. The summed E-state index contributed by atoms with van der Waals surface area (Å²) in [6.07, 6.45) is 1.53. The molecule has 22 heavy (non-hydrogen) atoms. The average Bonchev–Trinajstić information content (AvgIpc) is 2.94. The molecule has 0 aliphatic rings. The first kappa shape index (κ1) is 18.2. The predicted molar refractivity (Wildman–Crippen MR) is 87.7 cm³/mol. The van der Waals surface area contributed by atoms with E-state index < -0.39 is 6.04 Å². The van der Waals surface area contributed by atoms with Gasteiger partial charge in [-0.3, -0.25) is 4.79 Å². The van der Waals surface area contributed by atoms with E-state index >= 15 is 0 Å². The van der Waals surface area contributed by atoms with Crippen molar-refractivity contribution < 1.29 is 9.32 Å². The number of nitrogens with two attached hydrogens (primary N) is 1. The van der Waals surface area contributed by atoms with Crippen LogP contribution >= 0.6 is 12.4 Å². The van der Waals surface area contributed by atoms with Crippen LogP contribution in [0.2, 0.25) is 0 Å². The summed E-state index contributed by atoms with van der Waals surface area (Å²) in [6.45, 7) is 4.41. The van der Waals surface area contributed by atoms with Crippen molar-refractivity contribution in [2.24, 2.45) is 5.73 Å². The number of carbonyl (C=O) groups is 1. The molecule has 1 aromatic carbocycles. The Hall–Kier alpha value is -1.85. The second kappa shape index (κ2) is 8.56. The molecule has 0 saturated heterocycles. The highest BCUT2D eigenvalue weighted by molar-refractivity contribution is 5.85. The zero-order valence-corrected chi connectivity index (χ0v) is 13.7. The van der Waals surface area contributed by atoms with E-state index in [1.165, 1.54) is 0 Å². The van der Waals surface area contributed by atoms with Crippen molar-refractivity contribution >= 4 is 18.3 Å². The van der Waals surface area contributed by atoms with Gasteiger partial charge in [-0.05, 0) is 12.0 Å².